The molecule has 0 saturated carbocycles. The molecular formula is C12H24O2W. The summed E-state index contributed by atoms with van der Waals surface area (Å²) in [5.74, 6) is 2.50. The second kappa shape index (κ2) is 12.2. The molecule has 0 aliphatic carbocycles. The summed E-state index contributed by atoms with van der Waals surface area (Å²) in [6.07, 6.45) is 4.37. The number of terminal acetylenes is 1. The van der Waals surface area contributed by atoms with Gasteiger partial charge in [-0.05, 0) is 18.3 Å². The molecule has 0 bridgehead atoms. The predicted octanol–water partition coefficient (Wildman–Crippen LogP) is 2.05. The summed E-state index contributed by atoms with van der Waals surface area (Å²) in [7, 11) is 0. The Kier molecular flexibility index (Phi) is 16.8. The summed E-state index contributed by atoms with van der Waals surface area (Å²) in [6, 6.07) is 0. The van der Waals surface area contributed by atoms with E-state index in [9.17, 15) is 5.11 Å². The molecule has 0 aliphatic rings. The van der Waals surface area contributed by atoms with Gasteiger partial charge in [0.05, 0.1) is 6.10 Å². The first-order valence-electron chi connectivity index (χ1n) is 5.31. The first-order chi connectivity index (χ1) is 6.49. The van der Waals surface area contributed by atoms with E-state index in [1.54, 1.807) is 0 Å². The average Bonchev–Trinajstić information content (AvgIpc) is 2.19. The van der Waals surface area contributed by atoms with E-state index in [2.05, 4.69) is 5.92 Å². The third-order valence-corrected chi connectivity index (χ3v) is 2.05. The Morgan fingerprint density at radius 1 is 1.13 bits per heavy atom. The molecule has 3 atom stereocenters. The number of rotatable bonds is 4. The van der Waals surface area contributed by atoms with E-state index in [1.807, 2.05) is 34.6 Å². The van der Waals surface area contributed by atoms with Crippen LogP contribution in [0.5, 0.6) is 0 Å². The van der Waals surface area contributed by atoms with E-state index < -0.39 is 6.10 Å². The summed E-state index contributed by atoms with van der Waals surface area (Å²) in [6.45, 7) is 9.79. The van der Waals surface area contributed by atoms with Gasteiger partial charge in [0.25, 0.3) is 0 Å². The van der Waals surface area contributed by atoms with Crippen LogP contribution in [-0.4, -0.2) is 22.4 Å². The van der Waals surface area contributed by atoms with Gasteiger partial charge in [-0.1, -0.05) is 40.5 Å². The van der Waals surface area contributed by atoms with Gasteiger partial charge in [-0.25, -0.2) is 0 Å². The fourth-order valence-corrected chi connectivity index (χ4v) is 1.22. The van der Waals surface area contributed by atoms with Crippen molar-refractivity contribution in [1.29, 1.82) is 0 Å². The zero-order chi connectivity index (χ0) is 11.7. The van der Waals surface area contributed by atoms with Crippen LogP contribution in [0.15, 0.2) is 0 Å². The van der Waals surface area contributed by atoms with Crippen molar-refractivity contribution in [2.45, 2.75) is 53.2 Å². The molecule has 0 aliphatic heterocycles. The van der Waals surface area contributed by atoms with Crippen LogP contribution >= 0.6 is 0 Å². The van der Waals surface area contributed by atoms with Crippen LogP contribution in [-0.2, 0) is 21.1 Å². The van der Waals surface area contributed by atoms with Crippen molar-refractivity contribution in [2.75, 3.05) is 0 Å². The predicted molar refractivity (Wildman–Crippen MR) is 60.8 cm³/mol. The largest absolute Gasteiger partial charge is 0.393 e. The number of aliphatic hydroxyl groups is 2. The Labute approximate surface area is 109 Å². The molecule has 2 nitrogen and oxygen atoms in total. The van der Waals surface area contributed by atoms with Gasteiger partial charge in [0.2, 0.25) is 0 Å². The third kappa shape index (κ3) is 10.5. The normalized spacial score (nSPS) is 15.1. The molecule has 0 amide bonds. The first-order valence-corrected chi connectivity index (χ1v) is 5.31. The van der Waals surface area contributed by atoms with Gasteiger partial charge in [0, 0.05) is 21.1 Å². The van der Waals surface area contributed by atoms with Gasteiger partial charge in [-0.2, -0.15) is 0 Å². The summed E-state index contributed by atoms with van der Waals surface area (Å²) in [4.78, 5) is 0. The molecule has 1 unspecified atom stereocenters. The van der Waals surface area contributed by atoms with Crippen molar-refractivity contribution in [3.63, 3.8) is 0 Å². The standard InChI is InChI=1S/C10H18O2.C2H6.W/c1-5-9(11)6-8(4)10(12)7(2)3;1-2;/h1,7-12H,6H2,2-4H3;1-2H3;/t8-,9?,10+;;/m1../s1. The third-order valence-electron chi connectivity index (χ3n) is 2.05. The Hall–Kier alpha value is 0.168. The Balaban J connectivity index is -0.000000449. The molecule has 0 saturated heterocycles. The van der Waals surface area contributed by atoms with Crippen LogP contribution in [0.3, 0.4) is 0 Å². The van der Waals surface area contributed by atoms with Crippen LogP contribution in [0.1, 0.15) is 41.0 Å². The molecule has 0 rings (SSSR count). The summed E-state index contributed by atoms with van der Waals surface area (Å²) in [5.41, 5.74) is 0. The van der Waals surface area contributed by atoms with Gasteiger partial charge >= 0.3 is 0 Å². The molecule has 2 N–H and O–H groups in total. The maximum absolute atomic E-state index is 9.56. The van der Waals surface area contributed by atoms with Crippen LogP contribution in [0.2, 0.25) is 0 Å². The monoisotopic (exact) mass is 384 g/mol. The van der Waals surface area contributed by atoms with Gasteiger partial charge < -0.3 is 10.2 Å². The molecule has 0 spiro atoms. The van der Waals surface area contributed by atoms with Crippen molar-refractivity contribution in [1.82, 2.24) is 0 Å². The topological polar surface area (TPSA) is 40.5 Å². The van der Waals surface area contributed by atoms with Crippen LogP contribution in [0.4, 0.5) is 0 Å². The summed E-state index contributed by atoms with van der Waals surface area (Å²) in [5, 5.41) is 18.7. The summed E-state index contributed by atoms with van der Waals surface area (Å²) >= 11 is 0. The van der Waals surface area contributed by atoms with E-state index >= 15 is 0 Å². The van der Waals surface area contributed by atoms with Gasteiger partial charge in [0.1, 0.15) is 6.10 Å². The van der Waals surface area contributed by atoms with Crippen molar-refractivity contribution in [3.05, 3.63) is 0 Å². The number of hydrogen-bond donors (Lipinski definition) is 2. The Bertz CT molecular complexity index is 163. The maximum Gasteiger partial charge on any atom is 0.114 e. The molecular weight excluding hydrogens is 360 g/mol. The molecule has 0 radical (unpaired) electrons. The zero-order valence-electron chi connectivity index (χ0n) is 10.4. The Morgan fingerprint density at radius 3 is 1.80 bits per heavy atom. The van der Waals surface area contributed by atoms with Crippen LogP contribution < -0.4 is 0 Å². The van der Waals surface area contributed by atoms with Gasteiger partial charge in [-0.15, -0.1) is 6.42 Å². The quantitative estimate of drug-likeness (QED) is 0.729. The Morgan fingerprint density at radius 2 is 1.53 bits per heavy atom. The fraction of sp³-hybridized carbons (Fsp3) is 0.833. The second-order valence-electron chi connectivity index (χ2n) is 3.63. The first kappa shape index (κ1) is 20.6. The van der Waals surface area contributed by atoms with E-state index in [1.165, 1.54) is 0 Å². The van der Waals surface area contributed by atoms with E-state index in [0.29, 0.717) is 6.42 Å². The maximum atomic E-state index is 9.56. The van der Waals surface area contributed by atoms with Gasteiger partial charge in [-0.3, -0.25) is 0 Å². The molecule has 0 aromatic carbocycles. The number of hydrogen-bond acceptors (Lipinski definition) is 2. The van der Waals surface area contributed by atoms with Crippen LogP contribution in [0.25, 0.3) is 0 Å². The van der Waals surface area contributed by atoms with Crippen molar-refractivity contribution >= 4 is 0 Å². The zero-order valence-corrected chi connectivity index (χ0v) is 13.3. The van der Waals surface area contributed by atoms with Crippen molar-refractivity contribution in [3.8, 4) is 12.3 Å². The minimum atomic E-state index is -0.728. The minimum absolute atomic E-state index is 0. The van der Waals surface area contributed by atoms with Crippen LogP contribution in [0, 0.1) is 24.2 Å². The number of aliphatic hydroxyl groups excluding tert-OH is 2. The smallest absolute Gasteiger partial charge is 0.114 e. The van der Waals surface area contributed by atoms with Gasteiger partial charge in [0.15, 0.2) is 0 Å². The molecule has 3 heteroatoms. The van der Waals surface area contributed by atoms with E-state index in [-0.39, 0.29) is 39.0 Å². The summed E-state index contributed by atoms with van der Waals surface area (Å²) < 4.78 is 0. The van der Waals surface area contributed by atoms with E-state index in [4.69, 9.17) is 11.5 Å². The van der Waals surface area contributed by atoms with Crippen molar-refractivity contribution < 1.29 is 31.3 Å². The molecule has 0 fully saturated rings. The minimum Gasteiger partial charge on any atom is -0.393 e. The second-order valence-corrected chi connectivity index (χ2v) is 3.63. The molecule has 0 aromatic rings. The van der Waals surface area contributed by atoms with Crippen molar-refractivity contribution in [2.24, 2.45) is 11.8 Å². The molecule has 90 valence electrons. The molecule has 15 heavy (non-hydrogen) atoms. The average molecular weight is 384 g/mol. The molecule has 0 heterocycles. The molecule has 0 aromatic heterocycles. The SMILES string of the molecule is C#CC(O)C[C@@H](C)[C@@H](O)C(C)C.CC.[W]. The van der Waals surface area contributed by atoms with E-state index in [0.717, 1.165) is 0 Å². The fourth-order valence-electron chi connectivity index (χ4n) is 1.22.